The molecule has 0 spiro atoms. The van der Waals surface area contributed by atoms with Crippen LogP contribution >= 0.6 is 0 Å². The fourth-order valence-electron chi connectivity index (χ4n) is 5.01. The molecule has 1 saturated heterocycles. The van der Waals surface area contributed by atoms with Gasteiger partial charge in [-0.3, -0.25) is 4.90 Å². The Bertz CT molecular complexity index is 959. The lowest BCUT2D eigenvalue weighted by Gasteiger charge is -2.40. The van der Waals surface area contributed by atoms with Crippen LogP contribution in [0.1, 0.15) is 55.6 Å². The molecule has 1 unspecified atom stereocenters. The zero-order valence-corrected chi connectivity index (χ0v) is 17.8. The van der Waals surface area contributed by atoms with E-state index in [2.05, 4.69) is 60.3 Å². The summed E-state index contributed by atoms with van der Waals surface area (Å²) in [7, 11) is 0. The Kier molecular flexibility index (Phi) is 5.93. The lowest BCUT2D eigenvalue weighted by Crippen LogP contribution is -2.48. The summed E-state index contributed by atoms with van der Waals surface area (Å²) in [6, 6.07) is 17.7. The molecular weight excluding hydrogens is 391 g/mol. The molecule has 31 heavy (non-hydrogen) atoms. The van der Waals surface area contributed by atoms with Crippen LogP contribution in [-0.4, -0.2) is 51.3 Å². The van der Waals surface area contributed by atoms with Crippen molar-refractivity contribution in [3.63, 3.8) is 0 Å². The number of para-hydroxylation sites is 1. The summed E-state index contributed by atoms with van der Waals surface area (Å²) in [5, 5.41) is 13.0. The monoisotopic (exact) mass is 420 g/mol. The second kappa shape index (κ2) is 9.14. The Balaban J connectivity index is 1.43. The summed E-state index contributed by atoms with van der Waals surface area (Å²) in [5.74, 6) is 0.662. The van der Waals surface area contributed by atoms with E-state index in [1.807, 2.05) is 12.1 Å². The van der Waals surface area contributed by atoms with Crippen molar-refractivity contribution in [2.75, 3.05) is 31.1 Å². The van der Waals surface area contributed by atoms with Gasteiger partial charge < -0.3 is 4.90 Å². The van der Waals surface area contributed by atoms with Gasteiger partial charge in [-0.05, 0) is 53.1 Å². The fourth-order valence-corrected chi connectivity index (χ4v) is 5.01. The molecule has 1 aliphatic heterocycles. The van der Waals surface area contributed by atoms with Crippen LogP contribution in [0.2, 0.25) is 0 Å². The molecule has 2 aliphatic rings. The van der Waals surface area contributed by atoms with Crippen LogP contribution in [0.4, 0.5) is 10.1 Å². The van der Waals surface area contributed by atoms with Crippen LogP contribution in [0.5, 0.6) is 0 Å². The Morgan fingerprint density at radius 3 is 2.26 bits per heavy atom. The van der Waals surface area contributed by atoms with Gasteiger partial charge in [0.05, 0.1) is 12.1 Å². The highest BCUT2D eigenvalue weighted by Gasteiger charge is 2.32. The number of tetrazole rings is 1. The molecule has 1 aromatic heterocycles. The third-order valence-electron chi connectivity index (χ3n) is 6.67. The van der Waals surface area contributed by atoms with Crippen LogP contribution in [0.25, 0.3) is 0 Å². The fraction of sp³-hybridized carbons (Fsp3) is 0.458. The highest BCUT2D eigenvalue weighted by Crippen LogP contribution is 2.34. The van der Waals surface area contributed by atoms with Gasteiger partial charge >= 0.3 is 0 Å². The van der Waals surface area contributed by atoms with E-state index in [4.69, 9.17) is 0 Å². The first-order valence-corrected chi connectivity index (χ1v) is 11.4. The first kappa shape index (κ1) is 20.1. The largest absolute Gasteiger partial charge is 0.369 e. The number of aromatic nitrogens is 4. The van der Waals surface area contributed by atoms with Crippen molar-refractivity contribution >= 4 is 5.69 Å². The third kappa shape index (κ3) is 4.32. The molecule has 3 aromatic rings. The van der Waals surface area contributed by atoms with Crippen molar-refractivity contribution in [3.05, 3.63) is 71.8 Å². The summed E-state index contributed by atoms with van der Waals surface area (Å²) in [6.07, 6.45) is 5.98. The van der Waals surface area contributed by atoms with Crippen LogP contribution < -0.4 is 4.90 Å². The number of anilines is 1. The van der Waals surface area contributed by atoms with E-state index >= 15 is 0 Å². The number of nitrogens with zero attached hydrogens (tertiary/aromatic N) is 6. The highest BCUT2D eigenvalue weighted by atomic mass is 19.1. The van der Waals surface area contributed by atoms with Gasteiger partial charge in [0.15, 0.2) is 5.82 Å². The Morgan fingerprint density at radius 1 is 0.839 bits per heavy atom. The molecule has 2 heterocycles. The minimum absolute atomic E-state index is 0.0737. The van der Waals surface area contributed by atoms with Crippen molar-refractivity contribution in [3.8, 4) is 0 Å². The van der Waals surface area contributed by atoms with Gasteiger partial charge in [-0.15, -0.1) is 5.10 Å². The van der Waals surface area contributed by atoms with Gasteiger partial charge in [-0.25, -0.2) is 9.07 Å². The zero-order valence-electron chi connectivity index (χ0n) is 17.8. The van der Waals surface area contributed by atoms with E-state index in [1.54, 1.807) is 0 Å². The quantitative estimate of drug-likeness (QED) is 0.618. The average molecular weight is 421 g/mol. The predicted octanol–water partition coefficient (Wildman–Crippen LogP) is 4.23. The number of halogens is 1. The van der Waals surface area contributed by atoms with Gasteiger partial charge in [0, 0.05) is 31.9 Å². The minimum atomic E-state index is -0.219. The van der Waals surface area contributed by atoms with E-state index in [-0.39, 0.29) is 11.9 Å². The second-order valence-electron chi connectivity index (χ2n) is 8.59. The number of piperazine rings is 1. The molecular formula is C24H29FN6. The molecule has 7 heteroatoms. The van der Waals surface area contributed by atoms with Gasteiger partial charge in [0.25, 0.3) is 0 Å². The number of rotatable bonds is 5. The van der Waals surface area contributed by atoms with E-state index in [0.717, 1.165) is 50.4 Å². The van der Waals surface area contributed by atoms with Crippen molar-refractivity contribution in [2.45, 2.75) is 44.2 Å². The lowest BCUT2D eigenvalue weighted by molar-refractivity contribution is 0.193. The third-order valence-corrected chi connectivity index (χ3v) is 6.67. The molecule has 1 atom stereocenters. The van der Waals surface area contributed by atoms with Crippen molar-refractivity contribution in [1.82, 2.24) is 25.1 Å². The zero-order chi connectivity index (χ0) is 21.0. The van der Waals surface area contributed by atoms with Crippen molar-refractivity contribution < 1.29 is 4.39 Å². The molecule has 6 nitrogen and oxygen atoms in total. The summed E-state index contributed by atoms with van der Waals surface area (Å²) in [5.41, 5.74) is 2.30. The Labute approximate surface area is 182 Å². The standard InChI is InChI=1S/C24H29FN6/c25-20-13-11-19(12-14-20)23(24-26-27-28-31(24)22-9-5-2-6-10-22)30-17-15-29(16-18-30)21-7-3-1-4-8-21/h1,3-4,7-8,11-14,22-23H,2,5-6,9-10,15-18H2. The average Bonchev–Trinajstić information content (AvgIpc) is 3.31. The molecule has 2 aromatic carbocycles. The maximum atomic E-state index is 13.7. The number of benzene rings is 2. The van der Waals surface area contributed by atoms with Crippen LogP contribution in [0, 0.1) is 5.82 Å². The van der Waals surface area contributed by atoms with E-state index < -0.39 is 0 Å². The van der Waals surface area contributed by atoms with Gasteiger partial charge in [-0.2, -0.15) is 0 Å². The Morgan fingerprint density at radius 2 is 1.55 bits per heavy atom. The molecule has 0 N–H and O–H groups in total. The normalized spacial score (nSPS) is 19.5. The Hall–Kier alpha value is -2.80. The maximum absolute atomic E-state index is 13.7. The second-order valence-corrected chi connectivity index (χ2v) is 8.59. The first-order valence-electron chi connectivity index (χ1n) is 11.4. The highest BCUT2D eigenvalue weighted by molar-refractivity contribution is 5.46. The lowest BCUT2D eigenvalue weighted by atomic mass is 9.95. The summed E-state index contributed by atoms with van der Waals surface area (Å²) in [4.78, 5) is 4.86. The molecule has 162 valence electrons. The summed E-state index contributed by atoms with van der Waals surface area (Å²) in [6.45, 7) is 3.67. The smallest absolute Gasteiger partial charge is 0.173 e. The van der Waals surface area contributed by atoms with E-state index in [0.29, 0.717) is 6.04 Å². The van der Waals surface area contributed by atoms with Gasteiger partial charge in [0.2, 0.25) is 0 Å². The first-order chi connectivity index (χ1) is 15.3. The topological polar surface area (TPSA) is 50.1 Å². The summed E-state index contributed by atoms with van der Waals surface area (Å²) >= 11 is 0. The van der Waals surface area contributed by atoms with Crippen LogP contribution in [-0.2, 0) is 0 Å². The predicted molar refractivity (Wildman–Crippen MR) is 118 cm³/mol. The van der Waals surface area contributed by atoms with Crippen LogP contribution in [0.3, 0.4) is 0 Å². The summed E-state index contributed by atoms with van der Waals surface area (Å²) < 4.78 is 15.7. The molecule has 5 rings (SSSR count). The van der Waals surface area contributed by atoms with Crippen molar-refractivity contribution in [1.29, 1.82) is 0 Å². The van der Waals surface area contributed by atoms with E-state index in [9.17, 15) is 4.39 Å². The SMILES string of the molecule is Fc1ccc(C(c2nnnn2C2CCCCC2)N2CCN(c3ccccc3)CC2)cc1. The molecule has 0 amide bonds. The molecule has 1 aliphatic carbocycles. The minimum Gasteiger partial charge on any atom is -0.369 e. The molecule has 0 bridgehead atoms. The van der Waals surface area contributed by atoms with E-state index in [1.165, 1.54) is 37.1 Å². The molecule has 1 saturated carbocycles. The van der Waals surface area contributed by atoms with Gasteiger partial charge in [-0.1, -0.05) is 49.6 Å². The van der Waals surface area contributed by atoms with Crippen LogP contribution in [0.15, 0.2) is 54.6 Å². The number of hydrogen-bond acceptors (Lipinski definition) is 5. The maximum Gasteiger partial charge on any atom is 0.173 e. The molecule has 0 radical (unpaired) electrons. The molecule has 2 fully saturated rings. The number of hydrogen-bond donors (Lipinski definition) is 0. The van der Waals surface area contributed by atoms with Gasteiger partial charge in [0.1, 0.15) is 5.82 Å². The van der Waals surface area contributed by atoms with Crippen molar-refractivity contribution in [2.24, 2.45) is 0 Å².